The third-order valence-electron chi connectivity index (χ3n) is 3.24. The van der Waals surface area contributed by atoms with Crippen molar-refractivity contribution in [3.8, 4) is 0 Å². The van der Waals surface area contributed by atoms with Gasteiger partial charge in [-0.15, -0.1) is 0 Å². The smallest absolute Gasteiger partial charge is 0.313 e. The summed E-state index contributed by atoms with van der Waals surface area (Å²) in [5.74, 6) is -1.04. The molecule has 20 heavy (non-hydrogen) atoms. The maximum absolute atomic E-state index is 12.1. The molecule has 1 heterocycles. The summed E-state index contributed by atoms with van der Waals surface area (Å²) >= 11 is 3.40. The van der Waals surface area contributed by atoms with Crippen molar-refractivity contribution in [2.45, 2.75) is 13.3 Å². The van der Waals surface area contributed by atoms with Crippen molar-refractivity contribution < 1.29 is 9.59 Å². The van der Waals surface area contributed by atoms with Gasteiger partial charge in [-0.2, -0.15) is 0 Å². The van der Waals surface area contributed by atoms with Crippen LogP contribution in [-0.2, 0) is 9.59 Å². The Bertz CT molecular complexity index is 511. The molecular weight excluding hydrogens is 322 g/mol. The largest absolute Gasteiger partial charge is 0.333 e. The topological polar surface area (TPSA) is 61.4 Å². The number of hydrogen-bond donors (Lipinski definition) is 2. The van der Waals surface area contributed by atoms with Gasteiger partial charge in [0.05, 0.1) is 0 Å². The van der Waals surface area contributed by atoms with Crippen LogP contribution in [0.5, 0.6) is 0 Å². The number of amides is 2. The Morgan fingerprint density at radius 2 is 2.10 bits per heavy atom. The molecule has 1 fully saturated rings. The summed E-state index contributed by atoms with van der Waals surface area (Å²) in [7, 11) is 0. The molecule has 108 valence electrons. The molecule has 1 aliphatic heterocycles. The number of aryl methyl sites for hydroxylation is 1. The summed E-state index contributed by atoms with van der Waals surface area (Å²) < 4.78 is 0.973. The molecule has 0 aromatic heterocycles. The van der Waals surface area contributed by atoms with Gasteiger partial charge in [0.15, 0.2) is 0 Å². The van der Waals surface area contributed by atoms with E-state index >= 15 is 0 Å². The highest BCUT2D eigenvalue weighted by atomic mass is 79.9. The number of benzene rings is 1. The molecule has 0 radical (unpaired) electrons. The molecule has 1 aromatic rings. The van der Waals surface area contributed by atoms with Crippen molar-refractivity contribution in [1.29, 1.82) is 0 Å². The van der Waals surface area contributed by atoms with Crippen molar-refractivity contribution in [1.82, 2.24) is 10.2 Å². The Balaban J connectivity index is 1.99. The molecule has 0 aliphatic carbocycles. The number of hydrogen-bond acceptors (Lipinski definition) is 3. The van der Waals surface area contributed by atoms with Crippen molar-refractivity contribution in [2.24, 2.45) is 0 Å². The predicted octanol–water partition coefficient (Wildman–Crippen LogP) is 1.52. The summed E-state index contributed by atoms with van der Waals surface area (Å²) in [6, 6.07) is 5.46. The van der Waals surface area contributed by atoms with Crippen LogP contribution in [0.1, 0.15) is 12.0 Å². The first-order valence-corrected chi connectivity index (χ1v) is 7.44. The zero-order valence-electron chi connectivity index (χ0n) is 11.4. The van der Waals surface area contributed by atoms with E-state index in [1.165, 1.54) is 0 Å². The first-order valence-electron chi connectivity index (χ1n) is 6.65. The number of carbonyl (C=O) groups is 2. The van der Waals surface area contributed by atoms with Gasteiger partial charge >= 0.3 is 11.8 Å². The van der Waals surface area contributed by atoms with Crippen LogP contribution in [0.15, 0.2) is 22.7 Å². The minimum absolute atomic E-state index is 0.464. The van der Waals surface area contributed by atoms with Gasteiger partial charge in [-0.1, -0.05) is 15.9 Å². The number of carbonyl (C=O) groups excluding carboxylic acids is 2. The highest BCUT2D eigenvalue weighted by molar-refractivity contribution is 9.10. The number of nitrogens with zero attached hydrogens (tertiary/aromatic N) is 1. The van der Waals surface area contributed by atoms with Crippen LogP contribution in [0.3, 0.4) is 0 Å². The number of rotatable bonds is 1. The van der Waals surface area contributed by atoms with Crippen molar-refractivity contribution in [3.05, 3.63) is 28.2 Å². The molecule has 1 aromatic carbocycles. The number of anilines is 1. The maximum atomic E-state index is 12.1. The van der Waals surface area contributed by atoms with E-state index in [0.29, 0.717) is 18.8 Å². The van der Waals surface area contributed by atoms with Crippen LogP contribution in [-0.4, -0.2) is 42.9 Å². The fourth-order valence-electron chi connectivity index (χ4n) is 2.10. The quantitative estimate of drug-likeness (QED) is 0.762. The summed E-state index contributed by atoms with van der Waals surface area (Å²) in [6.45, 7) is 4.75. The number of halogens is 1. The molecule has 2 amide bonds. The van der Waals surface area contributed by atoms with Gasteiger partial charge < -0.3 is 15.5 Å². The molecule has 0 saturated carbocycles. The van der Waals surface area contributed by atoms with Crippen LogP contribution >= 0.6 is 15.9 Å². The van der Waals surface area contributed by atoms with Crippen molar-refractivity contribution >= 4 is 33.4 Å². The van der Waals surface area contributed by atoms with Crippen LogP contribution in [0, 0.1) is 6.92 Å². The summed E-state index contributed by atoms with van der Waals surface area (Å²) in [5, 5.41) is 5.86. The molecule has 2 N–H and O–H groups in total. The van der Waals surface area contributed by atoms with Gasteiger partial charge in [0.2, 0.25) is 0 Å². The maximum Gasteiger partial charge on any atom is 0.313 e. The zero-order chi connectivity index (χ0) is 14.5. The fourth-order valence-corrected chi connectivity index (χ4v) is 2.35. The molecule has 5 nitrogen and oxygen atoms in total. The Kier molecular flexibility index (Phi) is 5.14. The van der Waals surface area contributed by atoms with Crippen molar-refractivity contribution in [2.75, 3.05) is 31.5 Å². The van der Waals surface area contributed by atoms with E-state index in [0.717, 1.165) is 29.5 Å². The van der Waals surface area contributed by atoms with Crippen molar-refractivity contribution in [3.63, 3.8) is 0 Å². The van der Waals surface area contributed by atoms with E-state index in [1.807, 2.05) is 19.1 Å². The highest BCUT2D eigenvalue weighted by Gasteiger charge is 2.22. The normalized spacial score (nSPS) is 15.6. The molecule has 1 aliphatic rings. The summed E-state index contributed by atoms with van der Waals surface area (Å²) in [5.41, 5.74) is 1.64. The Morgan fingerprint density at radius 3 is 2.85 bits per heavy atom. The molecule has 2 rings (SSSR count). The second-order valence-electron chi connectivity index (χ2n) is 4.81. The van der Waals surface area contributed by atoms with Gasteiger partial charge in [-0.3, -0.25) is 9.59 Å². The van der Waals surface area contributed by atoms with E-state index in [9.17, 15) is 9.59 Å². The average molecular weight is 340 g/mol. The van der Waals surface area contributed by atoms with E-state index in [1.54, 1.807) is 11.0 Å². The lowest BCUT2D eigenvalue weighted by Gasteiger charge is -2.19. The SMILES string of the molecule is Cc1cc(NC(=O)C(=O)N2CCCNCC2)ccc1Br. The van der Waals surface area contributed by atoms with E-state index < -0.39 is 11.8 Å². The first-order chi connectivity index (χ1) is 9.58. The average Bonchev–Trinajstić information content (AvgIpc) is 2.71. The molecular formula is C14H18BrN3O2. The lowest BCUT2D eigenvalue weighted by molar-refractivity contribution is -0.143. The molecule has 0 unspecified atom stereocenters. The Morgan fingerprint density at radius 1 is 1.30 bits per heavy atom. The molecule has 0 atom stereocenters. The lowest BCUT2D eigenvalue weighted by atomic mass is 10.2. The van der Waals surface area contributed by atoms with Gasteiger partial charge in [0, 0.05) is 29.8 Å². The van der Waals surface area contributed by atoms with Gasteiger partial charge in [0.25, 0.3) is 0 Å². The van der Waals surface area contributed by atoms with Gasteiger partial charge in [0.1, 0.15) is 0 Å². The minimum Gasteiger partial charge on any atom is -0.333 e. The van der Waals surface area contributed by atoms with E-state index in [-0.39, 0.29) is 0 Å². The number of nitrogens with one attached hydrogen (secondary N) is 2. The highest BCUT2D eigenvalue weighted by Crippen LogP contribution is 2.20. The lowest BCUT2D eigenvalue weighted by Crippen LogP contribution is -2.41. The molecule has 0 spiro atoms. The monoisotopic (exact) mass is 339 g/mol. The standard InChI is InChI=1S/C14H18BrN3O2/c1-10-9-11(3-4-12(10)15)17-13(19)14(20)18-7-2-5-16-6-8-18/h3-4,9,16H,2,5-8H2,1H3,(H,17,19). The van der Waals surface area contributed by atoms with E-state index in [2.05, 4.69) is 26.6 Å². The Labute approximate surface area is 126 Å². The molecule has 0 bridgehead atoms. The minimum atomic E-state index is -0.575. The molecule has 6 heteroatoms. The van der Waals surface area contributed by atoms with Crippen LogP contribution < -0.4 is 10.6 Å². The van der Waals surface area contributed by atoms with Crippen LogP contribution in [0.25, 0.3) is 0 Å². The molecule has 1 saturated heterocycles. The van der Waals surface area contributed by atoms with Crippen LogP contribution in [0.2, 0.25) is 0 Å². The van der Waals surface area contributed by atoms with Crippen LogP contribution in [0.4, 0.5) is 5.69 Å². The van der Waals surface area contributed by atoms with Gasteiger partial charge in [-0.25, -0.2) is 0 Å². The summed E-state index contributed by atoms with van der Waals surface area (Å²) in [6.07, 6.45) is 0.871. The third kappa shape index (κ3) is 3.80. The second kappa shape index (κ2) is 6.85. The fraction of sp³-hybridized carbons (Fsp3) is 0.429. The third-order valence-corrected chi connectivity index (χ3v) is 4.13. The predicted molar refractivity (Wildman–Crippen MR) is 81.6 cm³/mol. The van der Waals surface area contributed by atoms with E-state index in [4.69, 9.17) is 0 Å². The van der Waals surface area contributed by atoms with Gasteiger partial charge in [-0.05, 0) is 43.7 Å². The Hall–Kier alpha value is -1.40. The second-order valence-corrected chi connectivity index (χ2v) is 5.67. The first kappa shape index (κ1) is 15.0. The summed E-state index contributed by atoms with van der Waals surface area (Å²) in [4.78, 5) is 25.7. The zero-order valence-corrected chi connectivity index (χ0v) is 13.0.